The van der Waals surface area contributed by atoms with Gasteiger partial charge in [-0.25, -0.2) is 4.39 Å². The van der Waals surface area contributed by atoms with Gasteiger partial charge in [-0.15, -0.1) is 0 Å². The SMILES string of the molecule is CCOC(=O)C1CN(c2ccc(F)cc2)CC1=O. The minimum Gasteiger partial charge on any atom is -0.465 e. The molecule has 1 fully saturated rings. The van der Waals surface area contributed by atoms with Crippen molar-refractivity contribution >= 4 is 17.4 Å². The van der Waals surface area contributed by atoms with Crippen molar-refractivity contribution in [2.45, 2.75) is 6.92 Å². The number of ketones is 1. The number of carbonyl (C=O) groups is 2. The molecule has 0 radical (unpaired) electrons. The van der Waals surface area contributed by atoms with Gasteiger partial charge in [-0.3, -0.25) is 9.59 Å². The molecule has 0 aliphatic carbocycles. The number of rotatable bonds is 3. The quantitative estimate of drug-likeness (QED) is 0.601. The van der Waals surface area contributed by atoms with Gasteiger partial charge in [0.25, 0.3) is 0 Å². The van der Waals surface area contributed by atoms with E-state index in [1.165, 1.54) is 12.1 Å². The van der Waals surface area contributed by atoms with E-state index in [-0.39, 0.29) is 24.8 Å². The molecule has 1 aliphatic rings. The predicted octanol–water partition coefficient (Wildman–Crippen LogP) is 1.39. The second kappa shape index (κ2) is 5.16. The zero-order valence-electron chi connectivity index (χ0n) is 10.1. The van der Waals surface area contributed by atoms with E-state index in [2.05, 4.69) is 0 Å². The molecule has 1 aliphatic heterocycles. The lowest BCUT2D eigenvalue weighted by atomic mass is 10.1. The lowest BCUT2D eigenvalue weighted by molar-refractivity contribution is -0.149. The molecule has 1 heterocycles. The van der Waals surface area contributed by atoms with E-state index in [4.69, 9.17) is 4.74 Å². The summed E-state index contributed by atoms with van der Waals surface area (Å²) in [7, 11) is 0. The van der Waals surface area contributed by atoms with Crippen LogP contribution in [0.15, 0.2) is 24.3 Å². The molecular formula is C13H14FNO3. The topological polar surface area (TPSA) is 46.6 Å². The maximum atomic E-state index is 12.8. The fourth-order valence-corrected chi connectivity index (χ4v) is 1.98. The molecule has 5 heteroatoms. The number of carbonyl (C=O) groups excluding carboxylic acids is 2. The van der Waals surface area contributed by atoms with Gasteiger partial charge in [-0.1, -0.05) is 0 Å². The summed E-state index contributed by atoms with van der Waals surface area (Å²) in [5.74, 6) is -1.69. The molecule has 0 spiro atoms. The molecule has 0 N–H and O–H groups in total. The first-order valence-electron chi connectivity index (χ1n) is 5.81. The maximum absolute atomic E-state index is 12.8. The predicted molar refractivity (Wildman–Crippen MR) is 63.7 cm³/mol. The standard InChI is InChI=1S/C13H14FNO3/c1-2-18-13(17)11-7-15(8-12(11)16)10-5-3-9(14)4-6-10/h3-6,11H,2,7-8H2,1H3. The molecule has 0 aromatic heterocycles. The minimum absolute atomic E-state index is 0.155. The summed E-state index contributed by atoms with van der Waals surface area (Å²) in [4.78, 5) is 25.0. The van der Waals surface area contributed by atoms with Gasteiger partial charge in [0.05, 0.1) is 13.2 Å². The highest BCUT2D eigenvalue weighted by molar-refractivity contribution is 6.04. The lowest BCUT2D eigenvalue weighted by Gasteiger charge is -2.17. The van der Waals surface area contributed by atoms with E-state index in [0.29, 0.717) is 6.54 Å². The Bertz CT molecular complexity index is 458. The van der Waals surface area contributed by atoms with Gasteiger partial charge in [0.15, 0.2) is 5.78 Å². The number of ether oxygens (including phenoxy) is 1. The first kappa shape index (κ1) is 12.5. The number of hydrogen-bond donors (Lipinski definition) is 0. The molecule has 2 rings (SSSR count). The van der Waals surface area contributed by atoms with Crippen LogP contribution in [0.1, 0.15) is 6.92 Å². The van der Waals surface area contributed by atoms with Crippen LogP contribution in [0.5, 0.6) is 0 Å². The third-order valence-electron chi connectivity index (χ3n) is 2.90. The van der Waals surface area contributed by atoms with Crippen LogP contribution in [0.25, 0.3) is 0 Å². The number of anilines is 1. The third kappa shape index (κ3) is 2.50. The fourth-order valence-electron chi connectivity index (χ4n) is 1.98. The van der Waals surface area contributed by atoms with E-state index in [1.807, 2.05) is 0 Å². The molecule has 1 saturated heterocycles. The molecular weight excluding hydrogens is 237 g/mol. The van der Waals surface area contributed by atoms with Crippen LogP contribution in [-0.2, 0) is 14.3 Å². The van der Waals surface area contributed by atoms with Crippen molar-refractivity contribution < 1.29 is 18.7 Å². The first-order valence-corrected chi connectivity index (χ1v) is 5.81. The summed E-state index contributed by atoms with van der Waals surface area (Å²) in [5, 5.41) is 0. The van der Waals surface area contributed by atoms with Crippen LogP contribution in [0.3, 0.4) is 0 Å². The van der Waals surface area contributed by atoms with Crippen molar-refractivity contribution in [3.05, 3.63) is 30.1 Å². The van der Waals surface area contributed by atoms with E-state index in [0.717, 1.165) is 5.69 Å². The molecule has 18 heavy (non-hydrogen) atoms. The maximum Gasteiger partial charge on any atom is 0.318 e. The van der Waals surface area contributed by atoms with Crippen LogP contribution in [0.2, 0.25) is 0 Å². The number of hydrogen-bond acceptors (Lipinski definition) is 4. The average Bonchev–Trinajstić information content (AvgIpc) is 2.72. The fraction of sp³-hybridized carbons (Fsp3) is 0.385. The van der Waals surface area contributed by atoms with Crippen LogP contribution < -0.4 is 4.90 Å². The monoisotopic (exact) mass is 251 g/mol. The van der Waals surface area contributed by atoms with Crippen LogP contribution in [0, 0.1) is 11.7 Å². The Morgan fingerprint density at radius 1 is 1.44 bits per heavy atom. The van der Waals surface area contributed by atoms with Gasteiger partial charge >= 0.3 is 5.97 Å². The van der Waals surface area contributed by atoms with E-state index < -0.39 is 11.9 Å². The molecule has 1 unspecified atom stereocenters. The zero-order valence-corrected chi connectivity index (χ0v) is 10.1. The van der Waals surface area contributed by atoms with E-state index >= 15 is 0 Å². The first-order chi connectivity index (χ1) is 8.61. The highest BCUT2D eigenvalue weighted by Gasteiger charge is 2.37. The Labute approximate surface area is 104 Å². The largest absolute Gasteiger partial charge is 0.465 e. The molecule has 1 aromatic rings. The average molecular weight is 251 g/mol. The van der Waals surface area contributed by atoms with Crippen LogP contribution in [-0.4, -0.2) is 31.4 Å². The number of halogens is 1. The Hall–Kier alpha value is -1.91. The summed E-state index contributed by atoms with van der Waals surface area (Å²) >= 11 is 0. The highest BCUT2D eigenvalue weighted by atomic mass is 19.1. The summed E-state index contributed by atoms with van der Waals surface area (Å²) in [6.45, 7) is 2.42. The Morgan fingerprint density at radius 3 is 2.72 bits per heavy atom. The van der Waals surface area contributed by atoms with E-state index in [9.17, 15) is 14.0 Å². The second-order valence-corrected chi connectivity index (χ2v) is 4.13. The molecule has 0 bridgehead atoms. The van der Waals surface area contributed by atoms with Crippen LogP contribution >= 0.6 is 0 Å². The summed E-state index contributed by atoms with van der Waals surface area (Å²) in [5.41, 5.74) is 0.733. The number of nitrogens with zero attached hydrogens (tertiary/aromatic N) is 1. The second-order valence-electron chi connectivity index (χ2n) is 4.13. The van der Waals surface area contributed by atoms with Crippen molar-refractivity contribution in [3.63, 3.8) is 0 Å². The van der Waals surface area contributed by atoms with Crippen molar-refractivity contribution in [1.82, 2.24) is 0 Å². The summed E-state index contributed by atoms with van der Waals surface area (Å²) < 4.78 is 17.6. The highest BCUT2D eigenvalue weighted by Crippen LogP contribution is 2.22. The summed E-state index contributed by atoms with van der Waals surface area (Å²) in [6.07, 6.45) is 0. The smallest absolute Gasteiger partial charge is 0.318 e. The Balaban J connectivity index is 2.08. The van der Waals surface area contributed by atoms with Crippen molar-refractivity contribution in [2.75, 3.05) is 24.6 Å². The van der Waals surface area contributed by atoms with Crippen molar-refractivity contribution in [1.29, 1.82) is 0 Å². The normalized spacial score (nSPS) is 19.1. The van der Waals surface area contributed by atoms with Gasteiger partial charge < -0.3 is 9.64 Å². The molecule has 1 atom stereocenters. The molecule has 0 saturated carbocycles. The zero-order chi connectivity index (χ0) is 13.1. The molecule has 4 nitrogen and oxygen atoms in total. The van der Waals surface area contributed by atoms with Gasteiger partial charge in [-0.2, -0.15) is 0 Å². The number of esters is 1. The van der Waals surface area contributed by atoms with E-state index in [1.54, 1.807) is 24.0 Å². The van der Waals surface area contributed by atoms with Crippen molar-refractivity contribution in [2.24, 2.45) is 5.92 Å². The minimum atomic E-state index is -0.727. The molecule has 0 amide bonds. The Morgan fingerprint density at radius 2 is 2.11 bits per heavy atom. The van der Waals surface area contributed by atoms with Gasteiger partial charge in [0.1, 0.15) is 11.7 Å². The van der Waals surface area contributed by atoms with Gasteiger partial charge in [-0.05, 0) is 31.2 Å². The van der Waals surface area contributed by atoms with Gasteiger partial charge in [0.2, 0.25) is 0 Å². The molecule has 1 aromatic carbocycles. The summed E-state index contributed by atoms with van der Waals surface area (Å²) in [6, 6.07) is 5.85. The number of benzene rings is 1. The number of Topliss-reactive ketones (excluding diaryl/α,β-unsaturated/α-hetero) is 1. The third-order valence-corrected chi connectivity index (χ3v) is 2.90. The van der Waals surface area contributed by atoms with Crippen LogP contribution in [0.4, 0.5) is 10.1 Å². The Kier molecular flexibility index (Phi) is 3.60. The molecule has 96 valence electrons. The van der Waals surface area contributed by atoms with Crippen molar-refractivity contribution in [3.8, 4) is 0 Å². The lowest BCUT2D eigenvalue weighted by Crippen LogP contribution is -2.25. The van der Waals surface area contributed by atoms with Gasteiger partial charge in [0, 0.05) is 12.2 Å².